The lowest BCUT2D eigenvalue weighted by atomic mass is 10.2. The van der Waals surface area contributed by atoms with Crippen LogP contribution in [-0.4, -0.2) is 19.1 Å². The van der Waals surface area contributed by atoms with Crippen LogP contribution >= 0.6 is 0 Å². The van der Waals surface area contributed by atoms with Crippen molar-refractivity contribution in [2.24, 2.45) is 0 Å². The van der Waals surface area contributed by atoms with E-state index in [0.717, 1.165) is 0 Å². The molecule has 0 bridgehead atoms. The second-order valence-corrected chi connectivity index (χ2v) is 3.19. The molecule has 1 atom stereocenters. The monoisotopic (exact) mass is 193 g/mol. The number of nitrogens with one attached hydrogen (secondary N) is 1. The highest BCUT2D eigenvalue weighted by molar-refractivity contribution is 5.80. The lowest BCUT2D eigenvalue weighted by molar-refractivity contribution is -0.126. The Hall–Kier alpha value is -1.51. The van der Waals surface area contributed by atoms with E-state index in [1.54, 1.807) is 14.0 Å². The van der Waals surface area contributed by atoms with Gasteiger partial charge in [0.05, 0.1) is 0 Å². The second-order valence-electron chi connectivity index (χ2n) is 3.19. The molecule has 0 fully saturated rings. The fourth-order valence-corrected chi connectivity index (χ4v) is 1.08. The summed E-state index contributed by atoms with van der Waals surface area (Å²) < 4.78 is 5.41. The maximum atomic E-state index is 11.1. The largest absolute Gasteiger partial charge is 0.481 e. The molecule has 0 aliphatic heterocycles. The van der Waals surface area contributed by atoms with Gasteiger partial charge in [0, 0.05) is 7.05 Å². The van der Waals surface area contributed by atoms with Crippen molar-refractivity contribution in [3.8, 4) is 5.75 Å². The summed E-state index contributed by atoms with van der Waals surface area (Å²) in [6.07, 6.45) is -0.456. The van der Waals surface area contributed by atoms with Crippen LogP contribution in [0.25, 0.3) is 0 Å². The van der Waals surface area contributed by atoms with Gasteiger partial charge in [-0.3, -0.25) is 4.79 Å². The fraction of sp³-hybridized carbons (Fsp3) is 0.364. The minimum Gasteiger partial charge on any atom is -0.481 e. The molecule has 0 radical (unpaired) electrons. The van der Waals surface area contributed by atoms with Gasteiger partial charge in [0.25, 0.3) is 5.91 Å². The zero-order chi connectivity index (χ0) is 10.6. The molecule has 3 nitrogen and oxygen atoms in total. The van der Waals surface area contributed by atoms with Gasteiger partial charge in [0.2, 0.25) is 0 Å². The van der Waals surface area contributed by atoms with Crippen molar-refractivity contribution < 1.29 is 9.53 Å². The minimum atomic E-state index is -0.456. The highest BCUT2D eigenvalue weighted by atomic mass is 16.5. The van der Waals surface area contributed by atoms with E-state index < -0.39 is 6.10 Å². The molecule has 0 aromatic heterocycles. The zero-order valence-corrected chi connectivity index (χ0v) is 8.70. The lowest BCUT2D eigenvalue weighted by Crippen LogP contribution is -2.33. The molecule has 14 heavy (non-hydrogen) atoms. The molecule has 3 heteroatoms. The number of rotatable bonds is 3. The number of carbonyl (C=O) groups is 1. The average Bonchev–Trinajstić information content (AvgIpc) is 2.20. The molecule has 0 aliphatic carbocycles. The normalized spacial score (nSPS) is 11.9. The fourth-order valence-electron chi connectivity index (χ4n) is 1.08. The van der Waals surface area contributed by atoms with Gasteiger partial charge in [-0.05, 0) is 26.0 Å². The van der Waals surface area contributed by atoms with Gasteiger partial charge >= 0.3 is 0 Å². The van der Waals surface area contributed by atoms with E-state index >= 15 is 0 Å². The number of likely N-dealkylation sites (N-methyl/N-ethyl adjacent to an activating group) is 1. The SMILES string of the molecule is CNC(=O)C(C)Oc1ccc(C)cc1. The third-order valence-corrected chi connectivity index (χ3v) is 1.95. The van der Waals surface area contributed by atoms with E-state index in [9.17, 15) is 4.79 Å². The van der Waals surface area contributed by atoms with Crippen LogP contribution in [0.5, 0.6) is 5.75 Å². The van der Waals surface area contributed by atoms with Gasteiger partial charge in [-0.1, -0.05) is 17.7 Å². The first-order valence-corrected chi connectivity index (χ1v) is 4.58. The molecule has 76 valence electrons. The Morgan fingerprint density at radius 3 is 2.43 bits per heavy atom. The van der Waals surface area contributed by atoms with Crippen molar-refractivity contribution in [2.75, 3.05) is 7.05 Å². The molecule has 0 saturated heterocycles. The summed E-state index contributed by atoms with van der Waals surface area (Å²) in [4.78, 5) is 11.1. The number of amides is 1. The summed E-state index contributed by atoms with van der Waals surface area (Å²) >= 11 is 0. The first kappa shape index (κ1) is 10.6. The molecule has 1 amide bonds. The third-order valence-electron chi connectivity index (χ3n) is 1.95. The molecule has 0 aliphatic rings. The van der Waals surface area contributed by atoms with E-state index in [-0.39, 0.29) is 5.91 Å². The van der Waals surface area contributed by atoms with Crippen molar-refractivity contribution in [1.29, 1.82) is 0 Å². The molecule has 1 N–H and O–H groups in total. The lowest BCUT2D eigenvalue weighted by Gasteiger charge is -2.12. The summed E-state index contributed by atoms with van der Waals surface area (Å²) in [7, 11) is 1.59. The van der Waals surface area contributed by atoms with Crippen LogP contribution in [-0.2, 0) is 4.79 Å². The van der Waals surface area contributed by atoms with Gasteiger partial charge in [-0.2, -0.15) is 0 Å². The Kier molecular flexibility index (Phi) is 3.51. The molecule has 1 aromatic rings. The van der Waals surface area contributed by atoms with Crippen molar-refractivity contribution in [3.63, 3.8) is 0 Å². The van der Waals surface area contributed by atoms with E-state index in [2.05, 4.69) is 5.32 Å². The maximum Gasteiger partial charge on any atom is 0.260 e. The molecule has 0 heterocycles. The third kappa shape index (κ3) is 2.76. The average molecular weight is 193 g/mol. The molecule has 1 rings (SSSR count). The number of ether oxygens (including phenoxy) is 1. The summed E-state index contributed by atoms with van der Waals surface area (Å²) in [5.41, 5.74) is 1.17. The Balaban J connectivity index is 2.60. The molecule has 1 aromatic carbocycles. The van der Waals surface area contributed by atoms with Crippen molar-refractivity contribution in [1.82, 2.24) is 5.32 Å². The van der Waals surface area contributed by atoms with E-state index in [1.165, 1.54) is 5.56 Å². The molecule has 1 unspecified atom stereocenters. The molecule has 0 spiro atoms. The minimum absolute atomic E-state index is 0.120. The Bertz CT molecular complexity index is 306. The van der Waals surface area contributed by atoms with Crippen LogP contribution in [0, 0.1) is 6.92 Å². The van der Waals surface area contributed by atoms with Gasteiger partial charge < -0.3 is 10.1 Å². The van der Waals surface area contributed by atoms with Gasteiger partial charge in [-0.15, -0.1) is 0 Å². The Labute approximate surface area is 84.1 Å². The van der Waals surface area contributed by atoms with Crippen LogP contribution in [0.3, 0.4) is 0 Å². The van der Waals surface area contributed by atoms with E-state index in [1.807, 2.05) is 31.2 Å². The second kappa shape index (κ2) is 4.65. The summed E-state index contributed by atoms with van der Waals surface area (Å²) in [6.45, 7) is 3.73. The predicted octanol–water partition coefficient (Wildman–Crippen LogP) is 1.51. The smallest absolute Gasteiger partial charge is 0.260 e. The number of aryl methyl sites for hydroxylation is 1. The standard InChI is InChI=1S/C11H15NO2/c1-8-4-6-10(7-5-8)14-9(2)11(13)12-3/h4-7,9H,1-3H3,(H,12,13). The van der Waals surface area contributed by atoms with Crippen LogP contribution in [0.15, 0.2) is 24.3 Å². The topological polar surface area (TPSA) is 38.3 Å². The number of carbonyl (C=O) groups excluding carboxylic acids is 1. The molecule has 0 saturated carbocycles. The zero-order valence-electron chi connectivity index (χ0n) is 8.70. The molecular formula is C11H15NO2. The first-order chi connectivity index (χ1) is 6.63. The summed E-state index contributed by atoms with van der Waals surface area (Å²) in [5.74, 6) is 0.595. The Morgan fingerprint density at radius 2 is 1.93 bits per heavy atom. The highest BCUT2D eigenvalue weighted by Crippen LogP contribution is 2.13. The van der Waals surface area contributed by atoms with E-state index in [4.69, 9.17) is 4.74 Å². The van der Waals surface area contributed by atoms with Crippen molar-refractivity contribution in [2.45, 2.75) is 20.0 Å². The summed E-state index contributed by atoms with van der Waals surface area (Å²) in [5, 5.41) is 2.53. The quantitative estimate of drug-likeness (QED) is 0.790. The molecular weight excluding hydrogens is 178 g/mol. The van der Waals surface area contributed by atoms with Gasteiger partial charge in [0.1, 0.15) is 5.75 Å². The van der Waals surface area contributed by atoms with E-state index in [0.29, 0.717) is 5.75 Å². The highest BCUT2D eigenvalue weighted by Gasteiger charge is 2.11. The first-order valence-electron chi connectivity index (χ1n) is 4.58. The van der Waals surface area contributed by atoms with Crippen LogP contribution < -0.4 is 10.1 Å². The Morgan fingerprint density at radius 1 is 1.36 bits per heavy atom. The van der Waals surface area contributed by atoms with Crippen LogP contribution in [0.1, 0.15) is 12.5 Å². The van der Waals surface area contributed by atoms with Crippen molar-refractivity contribution >= 4 is 5.91 Å². The summed E-state index contributed by atoms with van der Waals surface area (Å²) in [6, 6.07) is 7.61. The van der Waals surface area contributed by atoms with Crippen molar-refractivity contribution in [3.05, 3.63) is 29.8 Å². The number of hydrogen-bond donors (Lipinski definition) is 1. The van der Waals surface area contributed by atoms with Gasteiger partial charge in [-0.25, -0.2) is 0 Å². The van der Waals surface area contributed by atoms with Crippen LogP contribution in [0.2, 0.25) is 0 Å². The maximum absolute atomic E-state index is 11.1. The van der Waals surface area contributed by atoms with Gasteiger partial charge in [0.15, 0.2) is 6.10 Å². The number of hydrogen-bond acceptors (Lipinski definition) is 2. The number of benzene rings is 1. The predicted molar refractivity (Wildman–Crippen MR) is 55.3 cm³/mol. The van der Waals surface area contributed by atoms with Crippen LogP contribution in [0.4, 0.5) is 0 Å².